The number of aldehydes is 1. The second-order valence-corrected chi connectivity index (χ2v) is 4.43. The molecule has 1 nitrogen and oxygen atoms in total. The number of hydrogen-bond acceptors (Lipinski definition) is 2. The molecule has 1 rings (SSSR count). The van der Waals surface area contributed by atoms with Crippen molar-refractivity contribution in [2.45, 2.75) is 19.1 Å². The van der Waals surface area contributed by atoms with Crippen LogP contribution in [0.25, 0.3) is 0 Å². The first-order valence-electron chi connectivity index (χ1n) is 4.35. The summed E-state index contributed by atoms with van der Waals surface area (Å²) >= 11 is 1.75. The SMILES string of the molecule is C=CC1=C(/C=C\C)SC(C)C1C=O. The number of carbonyl (C=O) groups is 1. The Morgan fingerprint density at radius 1 is 1.54 bits per heavy atom. The lowest BCUT2D eigenvalue weighted by Crippen LogP contribution is -2.11. The summed E-state index contributed by atoms with van der Waals surface area (Å²) in [5.74, 6) is 0.0219. The van der Waals surface area contributed by atoms with Gasteiger partial charge in [-0.05, 0) is 12.5 Å². The highest BCUT2D eigenvalue weighted by Gasteiger charge is 2.29. The predicted octanol–water partition coefficient (Wildman–Crippen LogP) is 2.95. The van der Waals surface area contributed by atoms with E-state index in [1.807, 2.05) is 19.1 Å². The third-order valence-electron chi connectivity index (χ3n) is 2.15. The molecule has 0 aromatic rings. The second kappa shape index (κ2) is 4.47. The molecule has 0 radical (unpaired) electrons. The van der Waals surface area contributed by atoms with Gasteiger partial charge in [0.1, 0.15) is 6.29 Å². The average Bonchev–Trinajstić information content (AvgIpc) is 2.41. The fraction of sp³-hybridized carbons (Fsp3) is 0.364. The van der Waals surface area contributed by atoms with Crippen LogP contribution in [0, 0.1) is 5.92 Å². The highest BCUT2D eigenvalue weighted by Crippen LogP contribution is 2.42. The highest BCUT2D eigenvalue weighted by atomic mass is 32.2. The lowest BCUT2D eigenvalue weighted by Gasteiger charge is -2.07. The summed E-state index contributed by atoms with van der Waals surface area (Å²) in [5.41, 5.74) is 1.07. The minimum Gasteiger partial charge on any atom is -0.303 e. The van der Waals surface area contributed by atoms with Gasteiger partial charge in [-0.25, -0.2) is 0 Å². The van der Waals surface area contributed by atoms with Gasteiger partial charge >= 0.3 is 0 Å². The number of rotatable bonds is 3. The first kappa shape index (κ1) is 10.3. The predicted molar refractivity (Wildman–Crippen MR) is 58.6 cm³/mol. The van der Waals surface area contributed by atoms with E-state index in [-0.39, 0.29) is 5.92 Å². The van der Waals surface area contributed by atoms with Gasteiger partial charge in [-0.3, -0.25) is 0 Å². The molecule has 70 valence electrons. The van der Waals surface area contributed by atoms with E-state index >= 15 is 0 Å². The molecule has 0 saturated carbocycles. The van der Waals surface area contributed by atoms with Crippen LogP contribution in [-0.4, -0.2) is 11.5 Å². The van der Waals surface area contributed by atoms with E-state index in [4.69, 9.17) is 0 Å². The van der Waals surface area contributed by atoms with E-state index in [0.29, 0.717) is 5.25 Å². The molecular weight excluding hydrogens is 180 g/mol. The summed E-state index contributed by atoms with van der Waals surface area (Å²) < 4.78 is 0. The van der Waals surface area contributed by atoms with Crippen molar-refractivity contribution in [1.82, 2.24) is 0 Å². The third-order valence-corrected chi connectivity index (χ3v) is 3.44. The maximum Gasteiger partial charge on any atom is 0.128 e. The van der Waals surface area contributed by atoms with Crippen molar-refractivity contribution in [3.05, 3.63) is 35.3 Å². The number of hydrogen-bond donors (Lipinski definition) is 0. The molecule has 0 aromatic carbocycles. The fourth-order valence-electron chi connectivity index (χ4n) is 1.47. The molecule has 0 fully saturated rings. The fourth-order valence-corrected chi connectivity index (χ4v) is 2.79. The summed E-state index contributed by atoms with van der Waals surface area (Å²) in [7, 11) is 0. The lowest BCUT2D eigenvalue weighted by molar-refractivity contribution is -0.109. The molecule has 0 amide bonds. The van der Waals surface area contributed by atoms with Gasteiger partial charge < -0.3 is 4.79 Å². The molecule has 0 bridgehead atoms. The molecule has 0 saturated heterocycles. The van der Waals surface area contributed by atoms with Gasteiger partial charge in [0.25, 0.3) is 0 Å². The largest absolute Gasteiger partial charge is 0.303 e. The zero-order chi connectivity index (χ0) is 9.84. The van der Waals surface area contributed by atoms with Crippen molar-refractivity contribution in [3.8, 4) is 0 Å². The summed E-state index contributed by atoms with van der Waals surface area (Å²) in [5, 5.41) is 0.344. The molecule has 1 heterocycles. The quantitative estimate of drug-likeness (QED) is 0.642. The Morgan fingerprint density at radius 3 is 2.69 bits per heavy atom. The van der Waals surface area contributed by atoms with Crippen LogP contribution in [0.1, 0.15) is 13.8 Å². The maximum absolute atomic E-state index is 10.8. The Hall–Kier alpha value is -0.760. The summed E-state index contributed by atoms with van der Waals surface area (Å²) in [6.45, 7) is 7.80. The molecular formula is C11H14OS. The standard InChI is InChI=1S/C11H14OS/c1-4-6-11-9(5-2)10(7-12)8(3)13-11/h4-8,10H,2H2,1,3H3/b6-4-. The van der Waals surface area contributed by atoms with Crippen molar-refractivity contribution in [2.24, 2.45) is 5.92 Å². The molecule has 1 aliphatic rings. The first-order chi connectivity index (χ1) is 6.24. The Bertz CT molecular complexity index is 276. The van der Waals surface area contributed by atoms with Crippen molar-refractivity contribution < 1.29 is 4.79 Å². The third kappa shape index (κ3) is 1.94. The van der Waals surface area contributed by atoms with E-state index in [1.54, 1.807) is 17.8 Å². The summed E-state index contributed by atoms with van der Waals surface area (Å²) in [6, 6.07) is 0. The normalized spacial score (nSPS) is 28.5. The molecule has 2 atom stereocenters. The molecule has 1 aliphatic heterocycles. The molecule has 13 heavy (non-hydrogen) atoms. The molecule has 0 aliphatic carbocycles. The molecule has 0 spiro atoms. The van der Waals surface area contributed by atoms with E-state index < -0.39 is 0 Å². The first-order valence-corrected chi connectivity index (χ1v) is 5.23. The van der Waals surface area contributed by atoms with Crippen molar-refractivity contribution >= 4 is 18.0 Å². The van der Waals surface area contributed by atoms with Crippen molar-refractivity contribution in [2.75, 3.05) is 0 Å². The van der Waals surface area contributed by atoms with Crippen molar-refractivity contribution in [3.63, 3.8) is 0 Å². The van der Waals surface area contributed by atoms with Gasteiger partial charge in [0.2, 0.25) is 0 Å². The Morgan fingerprint density at radius 2 is 2.23 bits per heavy atom. The number of thioether (sulfide) groups is 1. The topological polar surface area (TPSA) is 17.1 Å². The lowest BCUT2D eigenvalue weighted by atomic mass is 9.97. The van der Waals surface area contributed by atoms with Gasteiger partial charge in [0, 0.05) is 10.2 Å². The Balaban J connectivity index is 3.01. The minimum atomic E-state index is 0.0219. The molecule has 0 N–H and O–H groups in total. The Kier molecular flexibility index (Phi) is 3.55. The van der Waals surface area contributed by atoms with Gasteiger partial charge in [-0.2, -0.15) is 0 Å². The van der Waals surface area contributed by atoms with Crippen LogP contribution < -0.4 is 0 Å². The molecule has 2 heteroatoms. The minimum absolute atomic E-state index is 0.0219. The van der Waals surface area contributed by atoms with Gasteiger partial charge in [0.15, 0.2) is 0 Å². The van der Waals surface area contributed by atoms with E-state index in [2.05, 4.69) is 13.5 Å². The van der Waals surface area contributed by atoms with E-state index in [0.717, 1.165) is 11.9 Å². The van der Waals surface area contributed by atoms with Crippen LogP contribution in [0.3, 0.4) is 0 Å². The van der Waals surface area contributed by atoms with Crippen LogP contribution in [0.15, 0.2) is 35.3 Å². The Labute approximate surface area is 83.6 Å². The smallest absolute Gasteiger partial charge is 0.128 e. The number of carbonyl (C=O) groups excluding carboxylic acids is 1. The van der Waals surface area contributed by atoms with E-state index in [1.165, 1.54) is 4.91 Å². The van der Waals surface area contributed by atoms with Crippen LogP contribution in [0.4, 0.5) is 0 Å². The van der Waals surface area contributed by atoms with Crippen LogP contribution >= 0.6 is 11.8 Å². The molecule has 0 aromatic heterocycles. The zero-order valence-corrected chi connectivity index (χ0v) is 8.80. The summed E-state index contributed by atoms with van der Waals surface area (Å²) in [4.78, 5) is 12.0. The molecule has 2 unspecified atom stereocenters. The van der Waals surface area contributed by atoms with Crippen LogP contribution in [-0.2, 0) is 4.79 Å². The average molecular weight is 194 g/mol. The monoisotopic (exact) mass is 194 g/mol. The van der Waals surface area contributed by atoms with Gasteiger partial charge in [0.05, 0.1) is 5.92 Å². The van der Waals surface area contributed by atoms with Crippen LogP contribution in [0.5, 0.6) is 0 Å². The zero-order valence-electron chi connectivity index (χ0n) is 7.99. The number of allylic oxidation sites excluding steroid dienone is 4. The second-order valence-electron chi connectivity index (χ2n) is 3.01. The van der Waals surface area contributed by atoms with E-state index in [9.17, 15) is 4.79 Å². The van der Waals surface area contributed by atoms with Crippen LogP contribution in [0.2, 0.25) is 0 Å². The maximum atomic E-state index is 10.8. The summed E-state index contributed by atoms with van der Waals surface area (Å²) in [6.07, 6.45) is 6.85. The van der Waals surface area contributed by atoms with Gasteiger partial charge in [-0.15, -0.1) is 11.8 Å². The highest BCUT2D eigenvalue weighted by molar-refractivity contribution is 8.04. The van der Waals surface area contributed by atoms with Gasteiger partial charge in [-0.1, -0.05) is 31.7 Å². The van der Waals surface area contributed by atoms with Crippen molar-refractivity contribution in [1.29, 1.82) is 0 Å².